The monoisotopic (exact) mass is 308 g/mol. The van der Waals surface area contributed by atoms with Crippen LogP contribution in [0.3, 0.4) is 0 Å². The van der Waals surface area contributed by atoms with Crippen molar-refractivity contribution < 1.29 is 13.2 Å². The molecule has 1 aliphatic carbocycles. The van der Waals surface area contributed by atoms with Crippen LogP contribution in [0.5, 0.6) is 0 Å². The van der Waals surface area contributed by atoms with Crippen molar-refractivity contribution in [3.63, 3.8) is 0 Å². The van der Waals surface area contributed by atoms with Crippen LogP contribution in [0.15, 0.2) is 0 Å². The summed E-state index contributed by atoms with van der Waals surface area (Å²) in [6.07, 6.45) is -0.205. The molecule has 0 aliphatic heterocycles. The van der Waals surface area contributed by atoms with Gasteiger partial charge in [-0.1, -0.05) is 27.2 Å². The van der Waals surface area contributed by atoms with Crippen molar-refractivity contribution in [2.24, 2.45) is 11.3 Å². The lowest BCUT2D eigenvalue weighted by Crippen LogP contribution is -2.52. The van der Waals surface area contributed by atoms with Crippen LogP contribution in [0, 0.1) is 11.3 Å². The maximum atomic E-state index is 12.3. The second kappa shape index (κ2) is 7.82. The molecular weight excluding hydrogens is 277 g/mol. The molecule has 0 bridgehead atoms. The lowest BCUT2D eigenvalue weighted by atomic mass is 9.67. The van der Waals surface area contributed by atoms with E-state index in [0.717, 1.165) is 25.9 Å². The Morgan fingerprint density at radius 3 is 2.52 bits per heavy atom. The van der Waals surface area contributed by atoms with E-state index in [4.69, 9.17) is 0 Å². The Balaban J connectivity index is 2.56. The summed E-state index contributed by atoms with van der Waals surface area (Å²) in [4.78, 5) is 1.85. The van der Waals surface area contributed by atoms with Gasteiger partial charge in [0.1, 0.15) is 0 Å². The molecule has 0 aromatic carbocycles. The summed E-state index contributed by atoms with van der Waals surface area (Å²) >= 11 is 0. The average Bonchev–Trinajstić information content (AvgIpc) is 2.34. The van der Waals surface area contributed by atoms with Crippen LogP contribution in [0.4, 0.5) is 13.2 Å². The quantitative estimate of drug-likeness (QED) is 0.763. The molecule has 1 N–H and O–H groups in total. The molecule has 5 heteroatoms. The van der Waals surface area contributed by atoms with Crippen molar-refractivity contribution >= 4 is 0 Å². The van der Waals surface area contributed by atoms with E-state index in [0.29, 0.717) is 12.0 Å². The molecular formula is C16H31F3N2. The predicted molar refractivity (Wildman–Crippen MR) is 81.4 cm³/mol. The van der Waals surface area contributed by atoms with Gasteiger partial charge in [-0.3, -0.25) is 0 Å². The Labute approximate surface area is 127 Å². The molecule has 21 heavy (non-hydrogen) atoms. The van der Waals surface area contributed by atoms with Crippen LogP contribution in [-0.4, -0.2) is 43.8 Å². The van der Waals surface area contributed by atoms with Crippen molar-refractivity contribution in [3.05, 3.63) is 0 Å². The summed E-state index contributed by atoms with van der Waals surface area (Å²) in [5.41, 5.74) is 0.225. The van der Waals surface area contributed by atoms with Gasteiger partial charge in [0.05, 0.1) is 6.42 Å². The third-order valence-electron chi connectivity index (χ3n) is 4.65. The first-order chi connectivity index (χ1) is 9.65. The minimum Gasteiger partial charge on any atom is -0.313 e. The summed E-state index contributed by atoms with van der Waals surface area (Å²) in [6.45, 7) is 8.54. The van der Waals surface area contributed by atoms with E-state index >= 15 is 0 Å². The fourth-order valence-electron chi connectivity index (χ4n) is 3.53. The molecule has 2 unspecified atom stereocenters. The number of hydrogen-bond donors (Lipinski definition) is 1. The first-order valence-electron chi connectivity index (χ1n) is 8.14. The lowest BCUT2D eigenvalue weighted by molar-refractivity contribution is -0.137. The van der Waals surface area contributed by atoms with Crippen molar-refractivity contribution in [2.75, 3.05) is 26.7 Å². The number of nitrogens with one attached hydrogen (secondary N) is 1. The Morgan fingerprint density at radius 2 is 1.95 bits per heavy atom. The van der Waals surface area contributed by atoms with Crippen molar-refractivity contribution in [1.29, 1.82) is 0 Å². The molecule has 1 fully saturated rings. The number of rotatable bonds is 7. The Bertz CT molecular complexity index is 302. The van der Waals surface area contributed by atoms with E-state index in [-0.39, 0.29) is 12.0 Å². The molecule has 0 amide bonds. The number of nitrogens with zero attached hydrogens (tertiary/aromatic N) is 1. The van der Waals surface area contributed by atoms with E-state index in [2.05, 4.69) is 26.1 Å². The van der Waals surface area contributed by atoms with Gasteiger partial charge in [0.2, 0.25) is 0 Å². The Hall–Kier alpha value is -0.290. The minimum atomic E-state index is -4.06. The molecule has 0 spiro atoms. The highest BCUT2D eigenvalue weighted by Gasteiger charge is 2.39. The van der Waals surface area contributed by atoms with Crippen LogP contribution in [-0.2, 0) is 0 Å². The van der Waals surface area contributed by atoms with E-state index in [1.165, 1.54) is 12.8 Å². The summed E-state index contributed by atoms with van der Waals surface area (Å²) in [7, 11) is 1.81. The fraction of sp³-hybridized carbons (Fsp3) is 1.00. The molecule has 1 rings (SSSR count). The molecule has 126 valence electrons. The smallest absolute Gasteiger partial charge is 0.313 e. The lowest BCUT2D eigenvalue weighted by Gasteiger charge is -2.46. The van der Waals surface area contributed by atoms with Crippen LogP contribution in [0.2, 0.25) is 0 Å². The van der Waals surface area contributed by atoms with Gasteiger partial charge in [-0.15, -0.1) is 0 Å². The van der Waals surface area contributed by atoms with Crippen molar-refractivity contribution in [1.82, 2.24) is 10.2 Å². The van der Waals surface area contributed by atoms with Crippen LogP contribution in [0.1, 0.15) is 52.9 Å². The van der Waals surface area contributed by atoms with Gasteiger partial charge < -0.3 is 10.2 Å². The molecule has 0 aromatic rings. The summed E-state index contributed by atoms with van der Waals surface area (Å²) < 4.78 is 37.0. The minimum absolute atomic E-state index is 0.0981. The second-order valence-corrected chi connectivity index (χ2v) is 7.20. The van der Waals surface area contributed by atoms with Crippen molar-refractivity contribution in [2.45, 2.75) is 65.1 Å². The van der Waals surface area contributed by atoms with E-state index < -0.39 is 12.6 Å². The zero-order valence-electron chi connectivity index (χ0n) is 13.9. The Kier molecular flexibility index (Phi) is 6.98. The van der Waals surface area contributed by atoms with E-state index in [1.807, 2.05) is 11.9 Å². The van der Waals surface area contributed by atoms with Gasteiger partial charge >= 0.3 is 6.18 Å². The van der Waals surface area contributed by atoms with Gasteiger partial charge in [-0.2, -0.15) is 13.2 Å². The van der Waals surface area contributed by atoms with Crippen molar-refractivity contribution in [3.8, 4) is 0 Å². The highest BCUT2D eigenvalue weighted by atomic mass is 19.4. The number of halogens is 3. The first-order valence-corrected chi connectivity index (χ1v) is 8.14. The molecule has 1 aliphatic rings. The summed E-state index contributed by atoms with van der Waals surface area (Å²) in [5, 5.41) is 3.64. The van der Waals surface area contributed by atoms with E-state index in [1.54, 1.807) is 0 Å². The third-order valence-corrected chi connectivity index (χ3v) is 4.65. The molecule has 0 radical (unpaired) electrons. The topological polar surface area (TPSA) is 15.3 Å². The summed E-state index contributed by atoms with van der Waals surface area (Å²) in [5.74, 6) is 0.443. The predicted octanol–water partition coefficient (Wildman–Crippen LogP) is 4.07. The maximum absolute atomic E-state index is 12.3. The van der Waals surface area contributed by atoms with Gasteiger partial charge in [-0.05, 0) is 44.2 Å². The Morgan fingerprint density at radius 1 is 1.29 bits per heavy atom. The molecule has 0 saturated heterocycles. The molecule has 2 atom stereocenters. The van der Waals surface area contributed by atoms with Crippen LogP contribution < -0.4 is 5.32 Å². The second-order valence-electron chi connectivity index (χ2n) is 7.20. The zero-order valence-corrected chi connectivity index (χ0v) is 13.9. The summed E-state index contributed by atoms with van der Waals surface area (Å²) in [6, 6.07) is 0.402. The van der Waals surface area contributed by atoms with Crippen LogP contribution >= 0.6 is 0 Å². The highest BCUT2D eigenvalue weighted by Crippen LogP contribution is 2.39. The third kappa shape index (κ3) is 6.55. The zero-order chi connectivity index (χ0) is 16.1. The normalized spacial score (nSPS) is 26.3. The largest absolute Gasteiger partial charge is 0.390 e. The molecule has 0 aromatic heterocycles. The first kappa shape index (κ1) is 18.8. The standard InChI is InChI=1S/C16H31F3N2/c1-5-10-20-14-13(7-6-8-15(14,2)3)12-21(4)11-9-16(17,18)19/h13-14,20H,5-12H2,1-4H3. The van der Waals surface area contributed by atoms with Gasteiger partial charge in [-0.25, -0.2) is 0 Å². The fourth-order valence-corrected chi connectivity index (χ4v) is 3.53. The van der Waals surface area contributed by atoms with Crippen LogP contribution in [0.25, 0.3) is 0 Å². The van der Waals surface area contributed by atoms with Gasteiger partial charge in [0.25, 0.3) is 0 Å². The highest BCUT2D eigenvalue weighted by molar-refractivity contribution is 4.94. The molecule has 0 heterocycles. The van der Waals surface area contributed by atoms with E-state index in [9.17, 15) is 13.2 Å². The average molecular weight is 308 g/mol. The number of hydrogen-bond acceptors (Lipinski definition) is 2. The van der Waals surface area contributed by atoms with Gasteiger partial charge in [0.15, 0.2) is 0 Å². The molecule has 2 nitrogen and oxygen atoms in total. The SMILES string of the molecule is CCCNC1C(CN(C)CCC(F)(F)F)CCCC1(C)C. The number of alkyl halides is 3. The van der Waals surface area contributed by atoms with Gasteiger partial charge in [0, 0.05) is 19.1 Å². The molecule has 1 saturated carbocycles. The maximum Gasteiger partial charge on any atom is 0.390 e.